The van der Waals surface area contributed by atoms with Gasteiger partial charge >= 0.3 is 0 Å². The molecular formula is C17H17BrN8. The van der Waals surface area contributed by atoms with Crippen LogP contribution in [0.2, 0.25) is 0 Å². The molecule has 26 heavy (non-hydrogen) atoms. The second kappa shape index (κ2) is 8.40. The molecule has 0 fully saturated rings. The van der Waals surface area contributed by atoms with Crippen molar-refractivity contribution in [3.63, 3.8) is 0 Å². The molecule has 8 nitrogen and oxygen atoms in total. The maximum absolute atomic E-state index is 9.67. The zero-order chi connectivity index (χ0) is 18.4. The Bertz CT molecular complexity index is 905. The van der Waals surface area contributed by atoms with Crippen LogP contribution in [0.15, 0.2) is 47.4 Å². The number of hydrogen-bond donors (Lipinski definition) is 2. The summed E-state index contributed by atoms with van der Waals surface area (Å²) < 4.78 is 2.57. The maximum atomic E-state index is 9.67. The fourth-order valence-electron chi connectivity index (χ4n) is 2.40. The molecule has 3 rings (SSSR count). The molecule has 0 saturated carbocycles. The van der Waals surface area contributed by atoms with Crippen LogP contribution >= 0.6 is 15.9 Å². The van der Waals surface area contributed by atoms with Gasteiger partial charge in [-0.1, -0.05) is 0 Å². The molecule has 2 N–H and O–H groups in total. The number of aromatic nitrogens is 5. The Kier molecular flexibility index (Phi) is 5.76. The first-order chi connectivity index (χ1) is 12.7. The van der Waals surface area contributed by atoms with Crippen LogP contribution in [0.5, 0.6) is 0 Å². The minimum Gasteiger partial charge on any atom is -0.360 e. The molecular weight excluding hydrogens is 396 g/mol. The summed E-state index contributed by atoms with van der Waals surface area (Å²) in [5.74, 6) is 0.490. The number of rotatable bonds is 6. The van der Waals surface area contributed by atoms with Gasteiger partial charge in [0.1, 0.15) is 24.3 Å². The van der Waals surface area contributed by atoms with Gasteiger partial charge in [0, 0.05) is 30.0 Å². The van der Waals surface area contributed by atoms with E-state index in [2.05, 4.69) is 52.7 Å². The second-order valence-corrected chi connectivity index (χ2v) is 6.40. The average Bonchev–Trinajstić information content (AvgIpc) is 3.16. The molecule has 1 aliphatic rings. The van der Waals surface area contributed by atoms with Crippen LogP contribution in [0.25, 0.3) is 5.57 Å². The summed E-state index contributed by atoms with van der Waals surface area (Å²) in [4.78, 5) is 12.8. The molecule has 1 aliphatic heterocycles. The predicted octanol–water partition coefficient (Wildman–Crippen LogP) is 2.51. The van der Waals surface area contributed by atoms with Gasteiger partial charge in [-0.2, -0.15) is 10.4 Å². The van der Waals surface area contributed by atoms with Crippen molar-refractivity contribution in [2.24, 2.45) is 0 Å². The Balaban J connectivity index is 1.75. The third-order valence-electron chi connectivity index (χ3n) is 3.69. The first-order valence-corrected chi connectivity index (χ1v) is 8.82. The lowest BCUT2D eigenvalue weighted by atomic mass is 10.1. The normalized spacial score (nSPS) is 15.0. The second-order valence-electron chi connectivity index (χ2n) is 5.54. The van der Waals surface area contributed by atoms with E-state index in [0.29, 0.717) is 29.5 Å². The fourth-order valence-corrected chi connectivity index (χ4v) is 2.87. The Morgan fingerprint density at radius 2 is 2.35 bits per heavy atom. The average molecular weight is 413 g/mol. The number of anilines is 1. The van der Waals surface area contributed by atoms with Gasteiger partial charge in [-0.3, -0.25) is 4.68 Å². The summed E-state index contributed by atoms with van der Waals surface area (Å²) in [6, 6.07) is 2.25. The van der Waals surface area contributed by atoms with Crippen molar-refractivity contribution in [3.8, 4) is 6.07 Å². The lowest BCUT2D eigenvalue weighted by Gasteiger charge is -2.14. The molecule has 3 heterocycles. The summed E-state index contributed by atoms with van der Waals surface area (Å²) in [6.07, 6.45) is 11.3. The van der Waals surface area contributed by atoms with E-state index in [1.165, 1.54) is 6.33 Å². The predicted molar refractivity (Wildman–Crippen MR) is 102 cm³/mol. The quantitative estimate of drug-likeness (QED) is 0.554. The van der Waals surface area contributed by atoms with E-state index in [4.69, 9.17) is 0 Å². The minimum absolute atomic E-state index is 0.461. The maximum Gasteiger partial charge on any atom is 0.223 e. The zero-order valence-electron chi connectivity index (χ0n) is 14.1. The highest BCUT2D eigenvalue weighted by molar-refractivity contribution is 9.12. The lowest BCUT2D eigenvalue weighted by molar-refractivity contribution is 0.589. The van der Waals surface area contributed by atoms with Gasteiger partial charge < -0.3 is 10.6 Å². The van der Waals surface area contributed by atoms with Crippen LogP contribution in [0.1, 0.15) is 17.7 Å². The van der Waals surface area contributed by atoms with Crippen LogP contribution in [-0.2, 0) is 6.54 Å². The summed E-state index contributed by atoms with van der Waals surface area (Å²) in [7, 11) is 0. The highest BCUT2D eigenvalue weighted by atomic mass is 79.9. The van der Waals surface area contributed by atoms with Gasteiger partial charge in [0.15, 0.2) is 0 Å². The van der Waals surface area contributed by atoms with E-state index in [0.717, 1.165) is 23.0 Å². The topological polar surface area (TPSA) is 104 Å². The lowest BCUT2D eigenvalue weighted by Crippen LogP contribution is -2.13. The number of aryl methyl sites for hydroxylation is 2. The molecule has 0 spiro atoms. The van der Waals surface area contributed by atoms with Crippen LogP contribution in [0.3, 0.4) is 0 Å². The van der Waals surface area contributed by atoms with Gasteiger partial charge in [-0.05, 0) is 47.0 Å². The number of nitrogens with one attached hydrogen (secondary N) is 2. The number of nitrogens with zero attached hydrogens (tertiary/aromatic N) is 6. The molecule has 0 bridgehead atoms. The third-order valence-corrected chi connectivity index (χ3v) is 4.35. The standard InChI is InChI=1S/C17H17BrN8/c1-12-9-23-17(22-6-3-7-26-11-20-10-24-26)25-15(12)13(8-19)16-14(18)4-2-5-21-16/h2,4-5,9-11,21H,3,6-7H2,1H3,(H,22,23,25)/b16-13-. The molecule has 0 aromatic carbocycles. The molecule has 0 atom stereocenters. The monoisotopic (exact) mass is 412 g/mol. The summed E-state index contributed by atoms with van der Waals surface area (Å²) in [5.41, 5.74) is 2.58. The van der Waals surface area contributed by atoms with Crippen molar-refractivity contribution in [2.75, 3.05) is 11.9 Å². The van der Waals surface area contributed by atoms with E-state index in [1.54, 1.807) is 23.4 Å². The van der Waals surface area contributed by atoms with Crippen molar-refractivity contribution in [2.45, 2.75) is 19.9 Å². The highest BCUT2D eigenvalue weighted by Crippen LogP contribution is 2.27. The SMILES string of the molecule is Cc1cnc(NCCCn2cncn2)nc1/C(C#N)=C1\NC=CC=C1Br. The minimum atomic E-state index is 0.461. The van der Waals surface area contributed by atoms with Crippen molar-refractivity contribution in [1.29, 1.82) is 5.26 Å². The van der Waals surface area contributed by atoms with E-state index >= 15 is 0 Å². The number of allylic oxidation sites excluding steroid dienone is 4. The summed E-state index contributed by atoms with van der Waals surface area (Å²) in [5, 5.41) is 20.0. The molecule has 9 heteroatoms. The van der Waals surface area contributed by atoms with E-state index in [1.807, 2.05) is 19.1 Å². The van der Waals surface area contributed by atoms with Gasteiger partial charge in [-0.15, -0.1) is 0 Å². The number of dihydropyridines is 1. The Morgan fingerprint density at radius 1 is 1.46 bits per heavy atom. The van der Waals surface area contributed by atoms with Crippen molar-refractivity contribution < 1.29 is 0 Å². The molecule has 0 amide bonds. The first kappa shape index (κ1) is 17.8. The molecule has 0 unspecified atom stereocenters. The number of halogens is 1. The zero-order valence-corrected chi connectivity index (χ0v) is 15.7. The first-order valence-electron chi connectivity index (χ1n) is 8.03. The number of nitriles is 1. The van der Waals surface area contributed by atoms with Crippen LogP contribution in [-0.4, -0.2) is 31.3 Å². The number of hydrogen-bond acceptors (Lipinski definition) is 7. The van der Waals surface area contributed by atoms with Crippen molar-refractivity contribution >= 4 is 27.5 Å². The molecule has 0 aliphatic carbocycles. The van der Waals surface area contributed by atoms with E-state index in [-0.39, 0.29) is 0 Å². The van der Waals surface area contributed by atoms with Crippen molar-refractivity contribution in [1.82, 2.24) is 30.0 Å². The molecule has 0 radical (unpaired) electrons. The van der Waals surface area contributed by atoms with E-state index < -0.39 is 0 Å². The smallest absolute Gasteiger partial charge is 0.223 e. The van der Waals surface area contributed by atoms with E-state index in [9.17, 15) is 5.26 Å². The summed E-state index contributed by atoms with van der Waals surface area (Å²) >= 11 is 3.47. The largest absolute Gasteiger partial charge is 0.360 e. The fraction of sp³-hybridized carbons (Fsp3) is 0.235. The third kappa shape index (κ3) is 4.15. The summed E-state index contributed by atoms with van der Waals surface area (Å²) in [6.45, 7) is 3.33. The highest BCUT2D eigenvalue weighted by Gasteiger charge is 2.17. The van der Waals surface area contributed by atoms with Crippen LogP contribution in [0.4, 0.5) is 5.95 Å². The molecule has 2 aromatic heterocycles. The Hall–Kier alpha value is -2.99. The van der Waals surface area contributed by atoms with Crippen LogP contribution in [0, 0.1) is 18.3 Å². The molecule has 0 saturated heterocycles. The van der Waals surface area contributed by atoms with Gasteiger partial charge in [0.05, 0.1) is 11.4 Å². The molecule has 2 aromatic rings. The van der Waals surface area contributed by atoms with Gasteiger partial charge in [0.25, 0.3) is 0 Å². The Morgan fingerprint density at radius 3 is 3.08 bits per heavy atom. The van der Waals surface area contributed by atoms with Gasteiger partial charge in [-0.25, -0.2) is 15.0 Å². The van der Waals surface area contributed by atoms with Crippen LogP contribution < -0.4 is 10.6 Å². The molecule has 132 valence electrons. The van der Waals surface area contributed by atoms with Crippen molar-refractivity contribution in [3.05, 3.63) is 58.6 Å². The van der Waals surface area contributed by atoms with Gasteiger partial charge in [0.2, 0.25) is 5.95 Å². The Labute approximate surface area is 159 Å².